The zero-order valence-electron chi connectivity index (χ0n) is 4.77. The second-order valence-corrected chi connectivity index (χ2v) is 1.61. The molecule has 0 radical (unpaired) electrons. The Kier molecular flexibility index (Phi) is 3.01. The van der Waals surface area contributed by atoms with Crippen LogP contribution in [0.3, 0.4) is 0 Å². The molecule has 0 bridgehead atoms. The first-order valence-corrected chi connectivity index (χ1v) is 2.52. The highest BCUT2D eigenvalue weighted by atomic mass is 32.1. The van der Waals surface area contributed by atoms with Crippen LogP contribution in [0, 0.1) is 0 Å². The van der Waals surface area contributed by atoms with Gasteiger partial charge in [-0.2, -0.15) is 4.99 Å². The molecule has 0 fully saturated rings. The van der Waals surface area contributed by atoms with Crippen molar-refractivity contribution >= 4 is 17.4 Å². The summed E-state index contributed by atoms with van der Waals surface area (Å²) in [7, 11) is 0. The second kappa shape index (κ2) is 3.30. The molecule has 0 aromatic rings. The maximum absolute atomic E-state index is 4.33. The van der Waals surface area contributed by atoms with Crippen molar-refractivity contribution in [1.29, 1.82) is 0 Å². The van der Waals surface area contributed by atoms with Crippen molar-refractivity contribution in [3.63, 3.8) is 0 Å². The van der Waals surface area contributed by atoms with Gasteiger partial charge in [-0.3, -0.25) is 0 Å². The minimum atomic E-state index is 0.597. The molecule has 2 heteroatoms. The van der Waals surface area contributed by atoms with Crippen molar-refractivity contribution in [2.24, 2.45) is 4.99 Å². The lowest BCUT2D eigenvalue weighted by Crippen LogP contribution is -1.72. The molecule has 0 heterocycles. The zero-order valence-corrected chi connectivity index (χ0v) is 5.59. The van der Waals surface area contributed by atoms with Gasteiger partial charge in [0.25, 0.3) is 0 Å². The van der Waals surface area contributed by atoms with Crippen molar-refractivity contribution in [2.45, 2.75) is 6.92 Å². The number of isothiocyanates is 1. The fourth-order valence-electron chi connectivity index (χ4n) is 0.151. The van der Waals surface area contributed by atoms with E-state index in [1.165, 1.54) is 0 Å². The summed E-state index contributed by atoms with van der Waals surface area (Å²) in [5, 5.41) is 2.20. The maximum Gasteiger partial charge on any atom is 0.0691 e. The average molecular weight is 125 g/mol. The molecule has 8 heavy (non-hydrogen) atoms. The number of rotatable bonds is 2. The Morgan fingerprint density at radius 3 is 2.25 bits per heavy atom. The minimum Gasteiger partial charge on any atom is -0.195 e. The van der Waals surface area contributed by atoms with Gasteiger partial charge in [0, 0.05) is 0 Å². The van der Waals surface area contributed by atoms with Crippen LogP contribution in [-0.2, 0) is 0 Å². The summed E-state index contributed by atoms with van der Waals surface area (Å²) in [5.74, 6) is 0. The molecule has 42 valence electrons. The number of hydrogen-bond donors (Lipinski definition) is 0. The lowest BCUT2D eigenvalue weighted by atomic mass is 10.3. The van der Waals surface area contributed by atoms with Crippen molar-refractivity contribution in [3.05, 3.63) is 24.4 Å². The van der Waals surface area contributed by atoms with E-state index in [2.05, 4.69) is 35.5 Å². The van der Waals surface area contributed by atoms with E-state index >= 15 is 0 Å². The highest BCUT2D eigenvalue weighted by Gasteiger charge is 1.84. The summed E-state index contributed by atoms with van der Waals surface area (Å²) < 4.78 is 0. The molecule has 0 aromatic heterocycles. The molecule has 0 N–H and O–H groups in total. The van der Waals surface area contributed by atoms with E-state index in [0.717, 1.165) is 5.57 Å². The van der Waals surface area contributed by atoms with Gasteiger partial charge < -0.3 is 0 Å². The molecule has 0 aromatic carbocycles. The first kappa shape index (κ1) is 7.28. The van der Waals surface area contributed by atoms with Gasteiger partial charge in [0.1, 0.15) is 0 Å². The van der Waals surface area contributed by atoms with Crippen LogP contribution in [0.4, 0.5) is 0 Å². The Hall–Kier alpha value is -0.720. The number of aliphatic imine (C=N–C) groups is 1. The van der Waals surface area contributed by atoms with Crippen LogP contribution in [0.2, 0.25) is 0 Å². The normalized spacial score (nSPS) is 7.12. The molecule has 0 saturated heterocycles. The number of thiocarbonyl (C=S) groups is 1. The molecule has 0 aliphatic rings. The monoisotopic (exact) mass is 125 g/mol. The third-order valence-corrected chi connectivity index (χ3v) is 0.765. The Bertz CT molecular complexity index is 159. The average Bonchev–Trinajstić information content (AvgIpc) is 1.67. The topological polar surface area (TPSA) is 12.4 Å². The van der Waals surface area contributed by atoms with Crippen molar-refractivity contribution < 1.29 is 0 Å². The molecule has 0 atom stereocenters. The molecule has 0 saturated carbocycles. The van der Waals surface area contributed by atoms with Gasteiger partial charge in [0.05, 0.1) is 10.9 Å². The van der Waals surface area contributed by atoms with E-state index in [-0.39, 0.29) is 0 Å². The SMILES string of the molecule is C=C(C)C(=C)N=C=S. The van der Waals surface area contributed by atoms with Crippen LogP contribution in [-0.4, -0.2) is 5.16 Å². The fourth-order valence-corrected chi connectivity index (χ4v) is 0.261. The second-order valence-electron chi connectivity index (χ2n) is 1.43. The Labute approximate surface area is 54.4 Å². The van der Waals surface area contributed by atoms with Gasteiger partial charge in [-0.25, -0.2) is 0 Å². The van der Waals surface area contributed by atoms with E-state index in [9.17, 15) is 0 Å². The third kappa shape index (κ3) is 2.45. The van der Waals surface area contributed by atoms with Gasteiger partial charge in [-0.05, 0) is 24.7 Å². The van der Waals surface area contributed by atoms with Crippen molar-refractivity contribution in [3.8, 4) is 0 Å². The van der Waals surface area contributed by atoms with E-state index < -0.39 is 0 Å². The number of nitrogens with zero attached hydrogens (tertiary/aromatic N) is 1. The lowest BCUT2D eigenvalue weighted by molar-refractivity contribution is 1.33. The molecule has 0 aliphatic carbocycles. The zero-order chi connectivity index (χ0) is 6.57. The van der Waals surface area contributed by atoms with Gasteiger partial charge in [0.2, 0.25) is 0 Å². The molecular formula is C6H7NS. The van der Waals surface area contributed by atoms with Crippen LogP contribution < -0.4 is 0 Å². The maximum atomic E-state index is 4.33. The Morgan fingerprint density at radius 1 is 1.62 bits per heavy atom. The van der Waals surface area contributed by atoms with Crippen LogP contribution >= 0.6 is 12.2 Å². The summed E-state index contributed by atoms with van der Waals surface area (Å²) in [6.07, 6.45) is 0. The number of hydrogen-bond acceptors (Lipinski definition) is 2. The summed E-state index contributed by atoms with van der Waals surface area (Å²) in [6.45, 7) is 8.96. The van der Waals surface area contributed by atoms with Gasteiger partial charge in [0.15, 0.2) is 0 Å². The third-order valence-electron chi connectivity index (χ3n) is 0.673. The molecule has 0 spiro atoms. The highest BCUT2D eigenvalue weighted by molar-refractivity contribution is 7.78. The van der Waals surface area contributed by atoms with Crippen LogP contribution in [0.25, 0.3) is 0 Å². The van der Waals surface area contributed by atoms with E-state index in [1.807, 2.05) is 6.92 Å². The number of allylic oxidation sites excluding steroid dienone is 1. The predicted molar refractivity (Wildman–Crippen MR) is 39.0 cm³/mol. The van der Waals surface area contributed by atoms with Crippen molar-refractivity contribution in [1.82, 2.24) is 0 Å². The predicted octanol–water partition coefficient (Wildman–Crippen LogP) is 2.18. The smallest absolute Gasteiger partial charge is 0.0691 e. The van der Waals surface area contributed by atoms with E-state index in [1.54, 1.807) is 0 Å². The molecular weight excluding hydrogens is 118 g/mol. The summed E-state index contributed by atoms with van der Waals surface area (Å²) >= 11 is 4.33. The quantitative estimate of drug-likeness (QED) is 0.313. The summed E-state index contributed by atoms with van der Waals surface area (Å²) in [6, 6.07) is 0. The van der Waals surface area contributed by atoms with E-state index in [4.69, 9.17) is 0 Å². The largest absolute Gasteiger partial charge is 0.195 e. The molecule has 0 unspecified atom stereocenters. The molecule has 0 rings (SSSR count). The van der Waals surface area contributed by atoms with Crippen molar-refractivity contribution in [2.75, 3.05) is 0 Å². The molecule has 1 nitrogen and oxygen atoms in total. The first-order chi connectivity index (χ1) is 3.68. The Balaban J connectivity index is 4.05. The van der Waals surface area contributed by atoms with E-state index in [0.29, 0.717) is 5.70 Å². The van der Waals surface area contributed by atoms with Gasteiger partial charge >= 0.3 is 0 Å². The first-order valence-electron chi connectivity index (χ1n) is 2.11. The molecule has 0 amide bonds. The Morgan fingerprint density at radius 2 is 2.12 bits per heavy atom. The highest BCUT2D eigenvalue weighted by Crippen LogP contribution is 2.02. The van der Waals surface area contributed by atoms with Gasteiger partial charge in [-0.1, -0.05) is 13.2 Å². The van der Waals surface area contributed by atoms with Gasteiger partial charge in [-0.15, -0.1) is 0 Å². The van der Waals surface area contributed by atoms with Crippen LogP contribution in [0.1, 0.15) is 6.92 Å². The summed E-state index contributed by atoms with van der Waals surface area (Å²) in [4.78, 5) is 3.59. The van der Waals surface area contributed by atoms with Crippen LogP contribution in [0.5, 0.6) is 0 Å². The molecule has 0 aliphatic heterocycles. The standard InChI is InChI=1S/C6H7NS/c1-5(2)6(3)7-4-8/h1,3H2,2H3. The summed E-state index contributed by atoms with van der Waals surface area (Å²) in [5.41, 5.74) is 1.42. The fraction of sp³-hybridized carbons (Fsp3) is 0.167. The minimum absolute atomic E-state index is 0.597. The van der Waals surface area contributed by atoms with Crippen LogP contribution in [0.15, 0.2) is 29.4 Å². The lowest BCUT2D eigenvalue weighted by Gasteiger charge is -1.89.